The summed E-state index contributed by atoms with van der Waals surface area (Å²) in [4.78, 5) is 29.6. The zero-order valence-corrected chi connectivity index (χ0v) is 21.2. The molecule has 3 aliphatic rings. The second-order valence-electron chi connectivity index (χ2n) is 9.85. The summed E-state index contributed by atoms with van der Waals surface area (Å²) in [6.07, 6.45) is -0.282. The molecule has 10 heteroatoms. The number of benzene rings is 2. The summed E-state index contributed by atoms with van der Waals surface area (Å²) in [7, 11) is 3.65. The Kier molecular flexibility index (Phi) is 7.50. The lowest BCUT2D eigenvalue weighted by Crippen LogP contribution is -2.50. The largest absolute Gasteiger partial charge is 0.497 e. The zero-order valence-electron chi connectivity index (χ0n) is 21.2. The number of hydrogen-bond donors (Lipinski definition) is 3. The van der Waals surface area contributed by atoms with E-state index in [-0.39, 0.29) is 43.1 Å². The minimum atomic E-state index is -0.522. The first kappa shape index (κ1) is 25.3. The standard InChI is InChI=1S/C27H34N4O6/c1-30-9-11-31(12-10-30)25(33)15-20-14-22-21-13-18(5-8-23(21)37-26(22)24(16-32)36-20)29-27(34)28-17-3-6-19(35-2)7-4-17/h3-8,13,20,22,24,26,32H,9-12,14-16H2,1-2H3,(H2,28,29,34)/t20-,22-,24+,26+/m1/s1. The van der Waals surface area contributed by atoms with E-state index in [1.54, 1.807) is 37.4 Å². The fourth-order valence-corrected chi connectivity index (χ4v) is 5.31. The molecule has 3 N–H and O–H groups in total. The van der Waals surface area contributed by atoms with Crippen molar-refractivity contribution in [2.24, 2.45) is 0 Å². The molecule has 0 aromatic heterocycles. The van der Waals surface area contributed by atoms with Crippen molar-refractivity contribution in [2.45, 2.75) is 37.1 Å². The number of nitrogens with one attached hydrogen (secondary N) is 2. The van der Waals surface area contributed by atoms with Gasteiger partial charge in [0.05, 0.1) is 26.2 Å². The number of aliphatic hydroxyl groups is 1. The van der Waals surface area contributed by atoms with Crippen molar-refractivity contribution in [1.29, 1.82) is 0 Å². The van der Waals surface area contributed by atoms with E-state index in [1.165, 1.54) is 0 Å². The number of aliphatic hydroxyl groups excluding tert-OH is 1. The SMILES string of the molecule is COc1ccc(NC(=O)Nc2ccc3c(c2)[C@H]2C[C@H](CC(=O)N4CCN(C)CC4)O[C@@H](CO)[C@H]2O3)cc1. The van der Waals surface area contributed by atoms with Crippen molar-refractivity contribution in [3.63, 3.8) is 0 Å². The van der Waals surface area contributed by atoms with Crippen LogP contribution in [-0.4, -0.2) is 92.1 Å². The van der Waals surface area contributed by atoms with E-state index in [9.17, 15) is 14.7 Å². The molecule has 0 spiro atoms. The predicted molar refractivity (Wildman–Crippen MR) is 138 cm³/mol. The van der Waals surface area contributed by atoms with Crippen molar-refractivity contribution in [1.82, 2.24) is 9.80 Å². The first-order valence-electron chi connectivity index (χ1n) is 12.7. The quantitative estimate of drug-likeness (QED) is 0.547. The molecular weight excluding hydrogens is 476 g/mol. The van der Waals surface area contributed by atoms with Gasteiger partial charge in [-0.15, -0.1) is 0 Å². The van der Waals surface area contributed by atoms with E-state index in [2.05, 4.69) is 22.6 Å². The van der Waals surface area contributed by atoms with Crippen LogP contribution in [0, 0.1) is 0 Å². The van der Waals surface area contributed by atoms with Crippen LogP contribution in [0.4, 0.5) is 16.2 Å². The number of hydrogen-bond acceptors (Lipinski definition) is 7. The van der Waals surface area contributed by atoms with Gasteiger partial charge in [-0.3, -0.25) is 4.79 Å². The number of anilines is 2. The Morgan fingerprint density at radius 1 is 1.05 bits per heavy atom. The summed E-state index contributed by atoms with van der Waals surface area (Å²) >= 11 is 0. The number of urea groups is 1. The number of nitrogens with zero attached hydrogens (tertiary/aromatic N) is 2. The van der Waals surface area contributed by atoms with Gasteiger partial charge in [0.25, 0.3) is 0 Å². The van der Waals surface area contributed by atoms with E-state index in [1.807, 2.05) is 17.0 Å². The lowest BCUT2D eigenvalue weighted by molar-refractivity contribution is -0.150. The Balaban J connectivity index is 1.25. The second kappa shape index (κ2) is 11.0. The van der Waals surface area contributed by atoms with Gasteiger partial charge in [0.15, 0.2) is 0 Å². The number of piperazine rings is 1. The summed E-state index contributed by atoms with van der Waals surface area (Å²) in [5.41, 5.74) is 2.23. The maximum Gasteiger partial charge on any atom is 0.323 e. The maximum atomic E-state index is 12.9. The zero-order chi connectivity index (χ0) is 25.9. The van der Waals surface area contributed by atoms with Crippen LogP contribution in [-0.2, 0) is 9.53 Å². The van der Waals surface area contributed by atoms with E-state index in [0.29, 0.717) is 29.3 Å². The Bertz CT molecular complexity index is 1120. The number of methoxy groups -OCH3 is 1. The maximum absolute atomic E-state index is 12.9. The molecule has 198 valence electrons. The van der Waals surface area contributed by atoms with Crippen molar-refractivity contribution in [3.8, 4) is 11.5 Å². The highest BCUT2D eigenvalue weighted by Gasteiger charge is 2.46. The van der Waals surface area contributed by atoms with Gasteiger partial charge in [-0.25, -0.2) is 4.79 Å². The molecule has 2 aromatic carbocycles. The predicted octanol–water partition coefficient (Wildman–Crippen LogP) is 2.50. The monoisotopic (exact) mass is 510 g/mol. The highest BCUT2D eigenvalue weighted by atomic mass is 16.6. The first-order chi connectivity index (χ1) is 17.9. The van der Waals surface area contributed by atoms with E-state index in [0.717, 1.165) is 31.7 Å². The van der Waals surface area contributed by atoms with Gasteiger partial charge < -0.3 is 39.8 Å². The van der Waals surface area contributed by atoms with Crippen LogP contribution in [0.5, 0.6) is 11.5 Å². The molecule has 2 saturated heterocycles. The molecule has 3 aliphatic heterocycles. The number of rotatable bonds is 6. The average molecular weight is 511 g/mol. The molecular formula is C27H34N4O6. The van der Waals surface area contributed by atoms with Crippen LogP contribution >= 0.6 is 0 Å². The van der Waals surface area contributed by atoms with Crippen LogP contribution in [0.1, 0.15) is 24.3 Å². The van der Waals surface area contributed by atoms with Gasteiger partial charge in [-0.05, 0) is 55.9 Å². The van der Waals surface area contributed by atoms with Crippen molar-refractivity contribution in [2.75, 3.05) is 57.6 Å². The van der Waals surface area contributed by atoms with E-state index in [4.69, 9.17) is 14.2 Å². The average Bonchev–Trinajstić information content (AvgIpc) is 3.27. The van der Waals surface area contributed by atoms with Gasteiger partial charge >= 0.3 is 6.03 Å². The Labute approximate surface area is 216 Å². The molecule has 2 fully saturated rings. The molecule has 0 saturated carbocycles. The normalized spacial score (nSPS) is 25.0. The van der Waals surface area contributed by atoms with Crippen LogP contribution in [0.15, 0.2) is 42.5 Å². The van der Waals surface area contributed by atoms with Crippen LogP contribution in [0.3, 0.4) is 0 Å². The first-order valence-corrected chi connectivity index (χ1v) is 12.7. The van der Waals surface area contributed by atoms with Crippen LogP contribution in [0.2, 0.25) is 0 Å². The number of amides is 3. The molecule has 0 radical (unpaired) electrons. The van der Waals surface area contributed by atoms with Gasteiger partial charge in [-0.2, -0.15) is 0 Å². The van der Waals surface area contributed by atoms with Gasteiger partial charge in [0.1, 0.15) is 23.7 Å². The third-order valence-electron chi connectivity index (χ3n) is 7.36. The van der Waals surface area contributed by atoms with Gasteiger partial charge in [0, 0.05) is 49.0 Å². The third-order valence-corrected chi connectivity index (χ3v) is 7.36. The minimum absolute atomic E-state index is 0.0439. The molecule has 4 atom stereocenters. The number of likely N-dealkylation sites (N-methyl/N-ethyl adjacent to an activating group) is 1. The summed E-state index contributed by atoms with van der Waals surface area (Å²) in [6.45, 7) is 2.98. The van der Waals surface area contributed by atoms with Crippen molar-refractivity contribution in [3.05, 3.63) is 48.0 Å². The third kappa shape index (κ3) is 5.66. The summed E-state index contributed by atoms with van der Waals surface area (Å²) in [5, 5.41) is 15.7. The second-order valence-corrected chi connectivity index (χ2v) is 9.85. The highest BCUT2D eigenvalue weighted by molar-refractivity contribution is 5.99. The summed E-state index contributed by atoms with van der Waals surface area (Å²) in [5.74, 6) is 1.46. The Morgan fingerprint density at radius 3 is 2.46 bits per heavy atom. The van der Waals surface area contributed by atoms with Crippen molar-refractivity contribution >= 4 is 23.3 Å². The van der Waals surface area contributed by atoms with E-state index >= 15 is 0 Å². The van der Waals surface area contributed by atoms with Crippen LogP contribution in [0.25, 0.3) is 0 Å². The topological polar surface area (TPSA) is 113 Å². The fraction of sp³-hybridized carbons (Fsp3) is 0.481. The minimum Gasteiger partial charge on any atom is -0.497 e. The number of fused-ring (bicyclic) bond motifs is 3. The molecule has 0 bridgehead atoms. The number of carbonyl (C=O) groups excluding carboxylic acids is 2. The summed E-state index contributed by atoms with van der Waals surface area (Å²) in [6, 6.07) is 12.2. The molecule has 0 aliphatic carbocycles. The molecule has 0 unspecified atom stereocenters. The smallest absolute Gasteiger partial charge is 0.323 e. The lowest BCUT2D eigenvalue weighted by atomic mass is 9.84. The van der Waals surface area contributed by atoms with Gasteiger partial charge in [-0.1, -0.05) is 0 Å². The molecule has 3 heterocycles. The lowest BCUT2D eigenvalue weighted by Gasteiger charge is -2.38. The summed E-state index contributed by atoms with van der Waals surface area (Å²) < 4.78 is 17.4. The highest BCUT2D eigenvalue weighted by Crippen LogP contribution is 2.47. The number of ether oxygens (including phenoxy) is 3. The fourth-order valence-electron chi connectivity index (χ4n) is 5.31. The van der Waals surface area contributed by atoms with Crippen molar-refractivity contribution < 1.29 is 28.9 Å². The van der Waals surface area contributed by atoms with E-state index < -0.39 is 6.10 Å². The molecule has 3 amide bonds. The van der Waals surface area contributed by atoms with Gasteiger partial charge in [0.2, 0.25) is 5.91 Å². The number of carbonyl (C=O) groups is 2. The Hall–Kier alpha value is -3.34. The molecule has 2 aromatic rings. The Morgan fingerprint density at radius 2 is 1.76 bits per heavy atom. The molecule has 10 nitrogen and oxygen atoms in total. The van der Waals surface area contributed by atoms with Crippen LogP contribution < -0.4 is 20.1 Å². The molecule has 5 rings (SSSR count). The molecule has 37 heavy (non-hydrogen) atoms.